The van der Waals surface area contributed by atoms with E-state index < -0.39 is 15.9 Å². The Labute approximate surface area is 169 Å². The first-order valence-electron chi connectivity index (χ1n) is 8.71. The summed E-state index contributed by atoms with van der Waals surface area (Å²) in [6.07, 6.45) is 0. The summed E-state index contributed by atoms with van der Waals surface area (Å²) in [5.74, 6) is -0.213. The Kier molecular flexibility index (Phi) is 6.56. The third kappa shape index (κ3) is 4.47. The highest BCUT2D eigenvalue weighted by Gasteiger charge is 2.30. The van der Waals surface area contributed by atoms with Crippen LogP contribution in [0.4, 0.5) is 0 Å². The molecule has 1 aliphatic heterocycles. The molecule has 0 spiro atoms. The summed E-state index contributed by atoms with van der Waals surface area (Å²) in [5, 5.41) is 3.31. The molecule has 0 aliphatic carbocycles. The summed E-state index contributed by atoms with van der Waals surface area (Å²) >= 11 is 6.10. The lowest BCUT2D eigenvalue weighted by atomic mass is 10.2. The average molecular weight is 425 g/mol. The number of halogens is 1. The topological polar surface area (TPSA) is 84.9 Å². The summed E-state index contributed by atoms with van der Waals surface area (Å²) in [6.45, 7) is 1.41. The number of carbonyl (C=O) groups is 1. The maximum Gasteiger partial charge on any atom is 0.251 e. The van der Waals surface area contributed by atoms with E-state index in [0.29, 0.717) is 18.2 Å². The molecule has 0 aromatic heterocycles. The van der Waals surface area contributed by atoms with Crippen molar-refractivity contribution in [1.29, 1.82) is 0 Å². The van der Waals surface area contributed by atoms with Crippen LogP contribution in [-0.4, -0.2) is 52.0 Å². The maximum atomic E-state index is 13.0. The Bertz CT molecular complexity index is 959. The lowest BCUT2D eigenvalue weighted by molar-refractivity contribution is 0.0729. The Balaban J connectivity index is 1.84. The molecule has 1 fully saturated rings. The molecule has 0 unspecified atom stereocenters. The van der Waals surface area contributed by atoms with Crippen LogP contribution in [0.3, 0.4) is 0 Å². The van der Waals surface area contributed by atoms with Gasteiger partial charge in [-0.3, -0.25) is 4.79 Å². The van der Waals surface area contributed by atoms with Gasteiger partial charge in [0.25, 0.3) is 5.91 Å². The molecule has 150 valence electrons. The minimum absolute atomic E-state index is 0.0395. The van der Waals surface area contributed by atoms with Crippen LogP contribution in [0.1, 0.15) is 15.9 Å². The number of rotatable bonds is 6. The van der Waals surface area contributed by atoms with Crippen LogP contribution in [0.25, 0.3) is 0 Å². The van der Waals surface area contributed by atoms with E-state index in [0.717, 1.165) is 5.56 Å². The van der Waals surface area contributed by atoms with Gasteiger partial charge in [-0.1, -0.05) is 29.8 Å². The van der Waals surface area contributed by atoms with Crippen LogP contribution in [0.2, 0.25) is 5.02 Å². The highest BCUT2D eigenvalue weighted by Crippen LogP contribution is 2.28. The normalized spacial score (nSPS) is 15.2. The number of morpholine rings is 1. The second-order valence-corrected chi connectivity index (χ2v) is 8.47. The lowest BCUT2D eigenvalue weighted by Crippen LogP contribution is -2.40. The molecule has 1 saturated heterocycles. The fourth-order valence-corrected chi connectivity index (χ4v) is 4.66. The van der Waals surface area contributed by atoms with E-state index in [-0.39, 0.29) is 35.8 Å². The predicted octanol–water partition coefficient (Wildman–Crippen LogP) is 2.30. The van der Waals surface area contributed by atoms with E-state index in [2.05, 4.69) is 5.32 Å². The van der Waals surface area contributed by atoms with Crippen molar-refractivity contribution in [3.8, 4) is 5.75 Å². The van der Waals surface area contributed by atoms with Crippen molar-refractivity contribution < 1.29 is 22.7 Å². The molecule has 28 heavy (non-hydrogen) atoms. The number of nitrogens with one attached hydrogen (secondary N) is 1. The van der Waals surface area contributed by atoms with Gasteiger partial charge in [0.05, 0.1) is 20.3 Å². The molecule has 9 heteroatoms. The number of hydrogen-bond donors (Lipinski definition) is 1. The highest BCUT2D eigenvalue weighted by atomic mass is 35.5. The van der Waals surface area contributed by atoms with Crippen molar-refractivity contribution in [3.63, 3.8) is 0 Å². The van der Waals surface area contributed by atoms with Crippen LogP contribution >= 0.6 is 11.6 Å². The third-order valence-corrected chi connectivity index (χ3v) is 6.70. The van der Waals surface area contributed by atoms with Crippen LogP contribution in [0.5, 0.6) is 5.75 Å². The molecule has 0 radical (unpaired) electrons. The quantitative estimate of drug-likeness (QED) is 0.769. The monoisotopic (exact) mass is 424 g/mol. The van der Waals surface area contributed by atoms with Gasteiger partial charge < -0.3 is 14.8 Å². The summed E-state index contributed by atoms with van der Waals surface area (Å²) in [6, 6.07) is 11.5. The van der Waals surface area contributed by atoms with Crippen molar-refractivity contribution >= 4 is 27.5 Å². The Hall–Kier alpha value is -2.13. The Morgan fingerprint density at radius 3 is 2.61 bits per heavy atom. The molecular formula is C19H21ClN2O5S. The van der Waals surface area contributed by atoms with Gasteiger partial charge in [0.15, 0.2) is 0 Å². The Morgan fingerprint density at radius 2 is 1.93 bits per heavy atom. The molecule has 2 aromatic carbocycles. The zero-order valence-electron chi connectivity index (χ0n) is 15.4. The minimum Gasteiger partial charge on any atom is -0.495 e. The number of ether oxygens (including phenoxy) is 2. The maximum absolute atomic E-state index is 13.0. The molecule has 1 N–H and O–H groups in total. The van der Waals surface area contributed by atoms with Crippen LogP contribution < -0.4 is 10.1 Å². The van der Waals surface area contributed by atoms with E-state index >= 15 is 0 Å². The molecule has 0 bridgehead atoms. The number of benzene rings is 2. The van der Waals surface area contributed by atoms with Crippen molar-refractivity contribution in [2.75, 3.05) is 33.4 Å². The van der Waals surface area contributed by atoms with Crippen LogP contribution in [0, 0.1) is 0 Å². The number of sulfonamides is 1. The highest BCUT2D eigenvalue weighted by molar-refractivity contribution is 7.89. The number of nitrogens with zero attached hydrogens (tertiary/aromatic N) is 1. The minimum atomic E-state index is -3.81. The average Bonchev–Trinajstić information content (AvgIpc) is 2.73. The smallest absolute Gasteiger partial charge is 0.251 e. The number of hydrogen-bond acceptors (Lipinski definition) is 5. The summed E-state index contributed by atoms with van der Waals surface area (Å²) < 4.78 is 37.8. The van der Waals surface area contributed by atoms with E-state index in [4.69, 9.17) is 21.1 Å². The van der Waals surface area contributed by atoms with Gasteiger partial charge >= 0.3 is 0 Å². The third-order valence-electron chi connectivity index (χ3n) is 4.41. The zero-order chi connectivity index (χ0) is 20.1. The molecule has 1 heterocycles. The van der Waals surface area contributed by atoms with E-state index in [9.17, 15) is 13.2 Å². The number of carbonyl (C=O) groups excluding carboxylic acids is 1. The summed E-state index contributed by atoms with van der Waals surface area (Å²) in [5.41, 5.74) is 0.992. The molecule has 2 aromatic rings. The van der Waals surface area contributed by atoms with Gasteiger partial charge in [-0.15, -0.1) is 0 Å². The van der Waals surface area contributed by atoms with E-state index in [1.165, 1.54) is 29.6 Å². The van der Waals surface area contributed by atoms with Gasteiger partial charge in [-0.25, -0.2) is 8.42 Å². The number of amides is 1. The van der Waals surface area contributed by atoms with Crippen molar-refractivity contribution in [1.82, 2.24) is 9.62 Å². The second-order valence-electron chi connectivity index (χ2n) is 6.16. The Morgan fingerprint density at radius 1 is 1.21 bits per heavy atom. The molecule has 3 rings (SSSR count). The fraction of sp³-hybridized carbons (Fsp3) is 0.316. The number of methoxy groups -OCH3 is 1. The van der Waals surface area contributed by atoms with Crippen LogP contribution in [0.15, 0.2) is 47.4 Å². The second kappa shape index (κ2) is 8.91. The summed E-state index contributed by atoms with van der Waals surface area (Å²) in [4.78, 5) is 12.5. The van der Waals surface area contributed by atoms with E-state index in [1.807, 2.05) is 12.1 Å². The van der Waals surface area contributed by atoms with Gasteiger partial charge in [-0.05, 0) is 29.8 Å². The lowest BCUT2D eigenvalue weighted by Gasteiger charge is -2.26. The standard InChI is InChI=1S/C19H21ClN2O5S/c1-26-17-7-6-14(19(23)21-13-15-4-2-3-5-16(15)20)12-18(17)28(24,25)22-8-10-27-11-9-22/h2-7,12H,8-11,13H2,1H3,(H,21,23). The first kappa shape index (κ1) is 20.6. The van der Waals surface area contributed by atoms with E-state index in [1.54, 1.807) is 12.1 Å². The molecule has 0 saturated carbocycles. The predicted molar refractivity (Wildman–Crippen MR) is 105 cm³/mol. The zero-order valence-corrected chi connectivity index (χ0v) is 16.9. The van der Waals surface area contributed by atoms with Crippen molar-refractivity contribution in [2.45, 2.75) is 11.4 Å². The SMILES string of the molecule is COc1ccc(C(=O)NCc2ccccc2Cl)cc1S(=O)(=O)N1CCOCC1. The fourth-order valence-electron chi connectivity index (χ4n) is 2.86. The van der Waals surface area contributed by atoms with Crippen molar-refractivity contribution in [3.05, 3.63) is 58.6 Å². The van der Waals surface area contributed by atoms with Gasteiger partial charge in [0, 0.05) is 30.2 Å². The molecular weight excluding hydrogens is 404 g/mol. The van der Waals surface area contributed by atoms with Crippen molar-refractivity contribution in [2.24, 2.45) is 0 Å². The first-order chi connectivity index (χ1) is 13.4. The molecule has 1 aliphatic rings. The van der Waals surface area contributed by atoms with Gasteiger partial charge in [0.2, 0.25) is 10.0 Å². The van der Waals surface area contributed by atoms with Gasteiger partial charge in [-0.2, -0.15) is 4.31 Å². The summed E-state index contributed by atoms with van der Waals surface area (Å²) in [7, 11) is -2.41. The van der Waals surface area contributed by atoms with Crippen LogP contribution in [-0.2, 0) is 21.3 Å². The van der Waals surface area contributed by atoms with Gasteiger partial charge in [0.1, 0.15) is 10.6 Å². The first-order valence-corrected chi connectivity index (χ1v) is 10.5. The largest absolute Gasteiger partial charge is 0.495 e. The molecule has 7 nitrogen and oxygen atoms in total. The molecule has 1 amide bonds. The molecule has 0 atom stereocenters.